The molecule has 0 radical (unpaired) electrons. The molecule has 0 saturated heterocycles. The molecule has 22 heavy (non-hydrogen) atoms. The number of benzene rings is 1. The number of aromatic nitrogens is 1. The standard InChI is InChI=1S/C17H21N3O2/c1-3-5-14-7-9-15(10-8-14)22-12-19-17(21)20-16-13(2)6-4-11-18-16/h4,6-11H,3,5,12H2,1-2H3,(H2,18,19,20,21). The third-order valence-corrected chi connectivity index (χ3v) is 3.17. The number of nitrogens with one attached hydrogen (secondary N) is 2. The molecule has 0 bridgehead atoms. The number of amides is 2. The summed E-state index contributed by atoms with van der Waals surface area (Å²) in [6, 6.07) is 11.3. The van der Waals surface area contributed by atoms with E-state index in [1.54, 1.807) is 6.20 Å². The van der Waals surface area contributed by atoms with Crippen molar-refractivity contribution in [1.82, 2.24) is 10.3 Å². The molecule has 1 aromatic carbocycles. The third-order valence-electron chi connectivity index (χ3n) is 3.17. The van der Waals surface area contributed by atoms with Gasteiger partial charge >= 0.3 is 6.03 Å². The van der Waals surface area contributed by atoms with Gasteiger partial charge < -0.3 is 10.1 Å². The molecule has 0 unspecified atom stereocenters. The smallest absolute Gasteiger partial charge is 0.323 e. The summed E-state index contributed by atoms with van der Waals surface area (Å²) < 4.78 is 5.49. The summed E-state index contributed by atoms with van der Waals surface area (Å²) in [6.45, 7) is 4.14. The van der Waals surface area contributed by atoms with Gasteiger partial charge in [0.15, 0.2) is 6.73 Å². The molecule has 0 aliphatic rings. The molecule has 2 rings (SSSR count). The number of ether oxygens (including phenoxy) is 1. The van der Waals surface area contributed by atoms with Gasteiger partial charge in [-0.2, -0.15) is 0 Å². The molecule has 5 heteroatoms. The zero-order valence-electron chi connectivity index (χ0n) is 12.9. The van der Waals surface area contributed by atoms with E-state index in [1.165, 1.54) is 5.56 Å². The molecule has 2 N–H and O–H groups in total. The highest BCUT2D eigenvalue weighted by Gasteiger charge is 2.04. The van der Waals surface area contributed by atoms with Crippen molar-refractivity contribution in [3.05, 3.63) is 53.7 Å². The van der Waals surface area contributed by atoms with E-state index in [0.29, 0.717) is 5.82 Å². The topological polar surface area (TPSA) is 63.2 Å². The number of hydrogen-bond donors (Lipinski definition) is 2. The molecule has 0 aliphatic heterocycles. The molecule has 116 valence electrons. The summed E-state index contributed by atoms with van der Waals surface area (Å²) in [5.74, 6) is 1.28. The van der Waals surface area contributed by atoms with Crippen LogP contribution in [0.2, 0.25) is 0 Å². The Morgan fingerprint density at radius 1 is 1.23 bits per heavy atom. The third kappa shape index (κ3) is 4.77. The second-order valence-corrected chi connectivity index (χ2v) is 4.98. The van der Waals surface area contributed by atoms with E-state index in [-0.39, 0.29) is 12.8 Å². The van der Waals surface area contributed by atoms with Crippen LogP contribution < -0.4 is 15.4 Å². The number of nitrogens with zero attached hydrogens (tertiary/aromatic N) is 1. The summed E-state index contributed by atoms with van der Waals surface area (Å²) in [5, 5.41) is 5.32. The molecule has 1 aromatic heterocycles. The second-order valence-electron chi connectivity index (χ2n) is 4.98. The van der Waals surface area contributed by atoms with Gasteiger partial charge in [0.1, 0.15) is 11.6 Å². The quantitative estimate of drug-likeness (QED) is 0.802. The molecule has 0 atom stereocenters. The van der Waals surface area contributed by atoms with Crippen molar-refractivity contribution in [3.8, 4) is 5.75 Å². The van der Waals surface area contributed by atoms with Crippen molar-refractivity contribution in [2.75, 3.05) is 12.0 Å². The van der Waals surface area contributed by atoms with Crippen molar-refractivity contribution in [2.24, 2.45) is 0 Å². The summed E-state index contributed by atoms with van der Waals surface area (Å²) in [4.78, 5) is 15.9. The Labute approximate surface area is 130 Å². The molecule has 1 heterocycles. The molecule has 2 amide bonds. The van der Waals surface area contributed by atoms with Gasteiger partial charge in [0.25, 0.3) is 0 Å². The Hall–Kier alpha value is -2.56. The zero-order chi connectivity index (χ0) is 15.8. The Bertz CT molecular complexity index is 612. The number of aryl methyl sites for hydroxylation is 2. The Morgan fingerprint density at radius 2 is 2.00 bits per heavy atom. The first kappa shape index (κ1) is 15.8. The average Bonchev–Trinajstić information content (AvgIpc) is 2.52. The maximum Gasteiger partial charge on any atom is 0.323 e. The van der Waals surface area contributed by atoms with Crippen LogP contribution in [0.15, 0.2) is 42.6 Å². The highest BCUT2D eigenvalue weighted by Crippen LogP contribution is 2.13. The highest BCUT2D eigenvalue weighted by atomic mass is 16.5. The predicted molar refractivity (Wildman–Crippen MR) is 87.1 cm³/mol. The fourth-order valence-electron chi connectivity index (χ4n) is 1.99. The van der Waals surface area contributed by atoms with E-state index < -0.39 is 0 Å². The van der Waals surface area contributed by atoms with Crippen LogP contribution in [-0.2, 0) is 6.42 Å². The average molecular weight is 299 g/mol. The first-order valence-electron chi connectivity index (χ1n) is 7.37. The van der Waals surface area contributed by atoms with Crippen molar-refractivity contribution >= 4 is 11.8 Å². The van der Waals surface area contributed by atoms with E-state index in [4.69, 9.17) is 4.74 Å². The summed E-state index contributed by atoms with van der Waals surface area (Å²) in [7, 11) is 0. The lowest BCUT2D eigenvalue weighted by molar-refractivity contribution is 0.234. The van der Waals surface area contributed by atoms with Crippen LogP contribution in [0.3, 0.4) is 0 Å². The van der Waals surface area contributed by atoms with Gasteiger partial charge in [0.2, 0.25) is 0 Å². The number of carbonyl (C=O) groups excluding carboxylic acids is 1. The molecule has 5 nitrogen and oxygen atoms in total. The highest BCUT2D eigenvalue weighted by molar-refractivity contribution is 5.88. The molecule has 2 aromatic rings. The van der Waals surface area contributed by atoms with Crippen LogP contribution in [0.1, 0.15) is 24.5 Å². The fourth-order valence-corrected chi connectivity index (χ4v) is 1.99. The number of urea groups is 1. The van der Waals surface area contributed by atoms with Gasteiger partial charge in [-0.25, -0.2) is 9.78 Å². The summed E-state index contributed by atoms with van der Waals surface area (Å²) in [6.07, 6.45) is 3.82. The van der Waals surface area contributed by atoms with Gasteiger partial charge in [-0.3, -0.25) is 5.32 Å². The van der Waals surface area contributed by atoms with E-state index >= 15 is 0 Å². The minimum Gasteiger partial charge on any atom is -0.473 e. The number of hydrogen-bond acceptors (Lipinski definition) is 3. The molecule has 0 saturated carbocycles. The number of carbonyl (C=O) groups is 1. The first-order chi connectivity index (χ1) is 10.7. The van der Waals surface area contributed by atoms with Crippen LogP contribution in [0, 0.1) is 6.92 Å². The molecule has 0 fully saturated rings. The van der Waals surface area contributed by atoms with E-state index in [1.807, 2.05) is 43.3 Å². The summed E-state index contributed by atoms with van der Waals surface area (Å²) in [5.41, 5.74) is 2.19. The van der Waals surface area contributed by atoms with Crippen LogP contribution in [0.5, 0.6) is 5.75 Å². The Morgan fingerprint density at radius 3 is 2.68 bits per heavy atom. The van der Waals surface area contributed by atoms with Crippen LogP contribution >= 0.6 is 0 Å². The molecular weight excluding hydrogens is 278 g/mol. The lowest BCUT2D eigenvalue weighted by Crippen LogP contribution is -2.32. The monoisotopic (exact) mass is 299 g/mol. The van der Waals surface area contributed by atoms with E-state index in [0.717, 1.165) is 24.2 Å². The van der Waals surface area contributed by atoms with Gasteiger partial charge in [0.05, 0.1) is 0 Å². The predicted octanol–water partition coefficient (Wildman–Crippen LogP) is 3.50. The van der Waals surface area contributed by atoms with Crippen LogP contribution in [0.25, 0.3) is 0 Å². The number of anilines is 1. The van der Waals surface area contributed by atoms with Gasteiger partial charge in [-0.15, -0.1) is 0 Å². The second kappa shape index (κ2) is 8.02. The number of pyridine rings is 1. The zero-order valence-corrected chi connectivity index (χ0v) is 12.9. The Balaban J connectivity index is 1.76. The minimum atomic E-state index is -0.343. The largest absolute Gasteiger partial charge is 0.473 e. The molecule has 0 spiro atoms. The minimum absolute atomic E-state index is 0.102. The van der Waals surface area contributed by atoms with Crippen LogP contribution in [0.4, 0.5) is 10.6 Å². The van der Waals surface area contributed by atoms with E-state index in [9.17, 15) is 4.79 Å². The maximum atomic E-state index is 11.8. The normalized spacial score (nSPS) is 10.1. The SMILES string of the molecule is CCCc1ccc(OCNC(=O)Nc2ncccc2C)cc1. The lowest BCUT2D eigenvalue weighted by Gasteiger charge is -2.10. The molecular formula is C17H21N3O2. The first-order valence-corrected chi connectivity index (χ1v) is 7.37. The van der Waals surface area contributed by atoms with Crippen LogP contribution in [-0.4, -0.2) is 17.7 Å². The van der Waals surface area contributed by atoms with Gasteiger partial charge in [0, 0.05) is 6.20 Å². The van der Waals surface area contributed by atoms with Crippen molar-refractivity contribution < 1.29 is 9.53 Å². The van der Waals surface area contributed by atoms with Gasteiger partial charge in [-0.05, 0) is 42.7 Å². The lowest BCUT2D eigenvalue weighted by atomic mass is 10.1. The van der Waals surface area contributed by atoms with Crippen molar-refractivity contribution in [1.29, 1.82) is 0 Å². The maximum absolute atomic E-state index is 11.8. The van der Waals surface area contributed by atoms with Crippen molar-refractivity contribution in [3.63, 3.8) is 0 Å². The van der Waals surface area contributed by atoms with Gasteiger partial charge in [-0.1, -0.05) is 31.5 Å². The Kier molecular flexibility index (Phi) is 5.77. The number of rotatable bonds is 6. The fraction of sp³-hybridized carbons (Fsp3) is 0.294. The van der Waals surface area contributed by atoms with E-state index in [2.05, 4.69) is 22.5 Å². The molecule has 0 aliphatic carbocycles. The summed E-state index contributed by atoms with van der Waals surface area (Å²) >= 11 is 0. The van der Waals surface area contributed by atoms with Crippen molar-refractivity contribution in [2.45, 2.75) is 26.7 Å².